The largest absolute Gasteiger partial charge is 0 e. The molecule has 0 aliphatic heterocycles. The van der Waals surface area contributed by atoms with Gasteiger partial charge in [-0.2, -0.15) is 0 Å². The molecule has 0 aromatic heterocycles. The summed E-state index contributed by atoms with van der Waals surface area (Å²) in [6, 6.07) is 0. The molecule has 0 heterocycles. The van der Waals surface area contributed by atoms with Gasteiger partial charge in [0.15, 0.2) is 0 Å². The van der Waals surface area contributed by atoms with Gasteiger partial charge in [0, 0.05) is 90.2 Å². The minimum absolute atomic E-state index is 0. The second-order valence-electron chi connectivity index (χ2n) is 0. The van der Waals surface area contributed by atoms with Crippen LogP contribution >= 0.6 is 0 Å². The van der Waals surface area contributed by atoms with Crippen molar-refractivity contribution in [1.82, 2.24) is 0 Å². The summed E-state index contributed by atoms with van der Waals surface area (Å²) in [6.07, 6.45) is 0. The maximum absolute atomic E-state index is 0. The van der Waals surface area contributed by atoms with E-state index in [1.165, 1.54) is 0 Å². The van der Waals surface area contributed by atoms with Crippen molar-refractivity contribution < 1.29 is 67.1 Å². The maximum Gasteiger partial charge on any atom is 0 e. The topological polar surface area (TPSA) is 0 Å². The zero-order valence-corrected chi connectivity index (χ0v) is 7.47. The van der Waals surface area contributed by atoms with Crippen LogP contribution in [0.2, 0.25) is 0 Å². The van der Waals surface area contributed by atoms with Crippen LogP contribution in [0, 0.1) is 0 Å². The van der Waals surface area contributed by atoms with Crippen LogP contribution in [0.3, 0.4) is 0 Å². The Labute approximate surface area is 88.5 Å². The Balaban J connectivity index is 0. The molecule has 0 amide bonds. The fourth-order valence-corrected chi connectivity index (χ4v) is 0. The molecule has 0 bridgehead atoms. The molecule has 4 heavy (non-hydrogen) atoms. The molecule has 4 heteroatoms. The fraction of sp³-hybridized carbons (Fsp3) is 0. The molecule has 35 valence electrons. The van der Waals surface area contributed by atoms with E-state index in [9.17, 15) is 0 Å². The minimum Gasteiger partial charge on any atom is 0 e. The Morgan fingerprint density at radius 3 is 0.500 bits per heavy atom. The number of rotatable bonds is 0. The summed E-state index contributed by atoms with van der Waals surface area (Å²) < 4.78 is 0. The van der Waals surface area contributed by atoms with Crippen molar-refractivity contribution in [2.24, 2.45) is 0 Å². The van der Waals surface area contributed by atoms with Crippen LogP contribution in [-0.4, -0.2) is 23.1 Å². The van der Waals surface area contributed by atoms with Crippen molar-refractivity contribution in [3.63, 3.8) is 0 Å². The molecule has 0 fully saturated rings. The molecule has 0 nitrogen and oxygen atoms in total. The van der Waals surface area contributed by atoms with Crippen molar-refractivity contribution >= 4 is 23.1 Å². The van der Waals surface area contributed by atoms with Gasteiger partial charge in [-0.3, -0.25) is 0 Å². The van der Waals surface area contributed by atoms with E-state index in [0.717, 1.165) is 0 Å². The Kier molecular flexibility index (Phi) is 117. The van der Waals surface area contributed by atoms with Gasteiger partial charge in [0.2, 0.25) is 0 Å². The van der Waals surface area contributed by atoms with E-state index >= 15 is 0 Å². The molecule has 0 aliphatic rings. The summed E-state index contributed by atoms with van der Waals surface area (Å²) in [4.78, 5) is 0. The van der Waals surface area contributed by atoms with Gasteiger partial charge in [-0.1, -0.05) is 0 Å². The van der Waals surface area contributed by atoms with E-state index < -0.39 is 0 Å². The van der Waals surface area contributed by atoms with Crippen LogP contribution < -0.4 is 0 Å². The quantitative estimate of drug-likeness (QED) is 0.524. The first-order valence-electron chi connectivity index (χ1n) is 0. The minimum atomic E-state index is 0. The van der Waals surface area contributed by atoms with Crippen LogP contribution in [0.15, 0.2) is 0 Å². The molecular weight excluding hydrogens is 348 g/mol. The molecule has 0 rings (SSSR count). The predicted octanol–water partition coefficient (Wildman–Crippen LogP) is -0.388. The molecule has 0 aliphatic carbocycles. The standard InChI is InChI=1S/3Ag.Mg. The Bertz CT molecular complexity index is 3.25. The molecule has 0 N–H and O–H groups in total. The first-order chi connectivity index (χ1) is 0. The zero-order valence-electron chi connectivity index (χ0n) is 1.61. The predicted molar refractivity (Wildman–Crippen MR) is 5.75 cm³/mol. The fourth-order valence-electron chi connectivity index (χ4n) is 0. The Hall–Kier alpha value is 2.99. The van der Waals surface area contributed by atoms with Crippen molar-refractivity contribution in [2.75, 3.05) is 0 Å². The van der Waals surface area contributed by atoms with Crippen LogP contribution in [0.25, 0.3) is 0 Å². The molecular formula is Ag3Mg. The monoisotopic (exact) mass is 345 g/mol. The average Bonchev–Trinajstić information content (AvgIpc) is 0. The van der Waals surface area contributed by atoms with E-state index in [1.54, 1.807) is 0 Å². The molecule has 0 unspecified atom stereocenters. The second-order valence-corrected chi connectivity index (χ2v) is 0. The molecule has 5 radical (unpaired) electrons. The summed E-state index contributed by atoms with van der Waals surface area (Å²) in [5.41, 5.74) is 0. The van der Waals surface area contributed by atoms with Crippen molar-refractivity contribution in [3.05, 3.63) is 0 Å². The number of hydrogen-bond acceptors (Lipinski definition) is 0. The third-order valence-corrected chi connectivity index (χ3v) is 0. The molecule has 0 atom stereocenters. The Morgan fingerprint density at radius 2 is 0.500 bits per heavy atom. The van der Waals surface area contributed by atoms with E-state index in [1.807, 2.05) is 0 Å². The van der Waals surface area contributed by atoms with E-state index in [4.69, 9.17) is 0 Å². The molecule has 0 saturated carbocycles. The molecule has 0 saturated heterocycles. The van der Waals surface area contributed by atoms with E-state index in [0.29, 0.717) is 0 Å². The van der Waals surface area contributed by atoms with Crippen molar-refractivity contribution in [2.45, 2.75) is 0 Å². The maximum atomic E-state index is 0. The van der Waals surface area contributed by atoms with Gasteiger partial charge in [-0.15, -0.1) is 0 Å². The van der Waals surface area contributed by atoms with Gasteiger partial charge in [-0.25, -0.2) is 0 Å². The summed E-state index contributed by atoms with van der Waals surface area (Å²) in [7, 11) is 0. The Morgan fingerprint density at radius 1 is 0.500 bits per heavy atom. The first-order valence-corrected chi connectivity index (χ1v) is 0. The van der Waals surface area contributed by atoms with E-state index in [2.05, 4.69) is 0 Å². The third kappa shape index (κ3) is 8.89. The normalized spacial score (nSPS) is 0. The smallest absolute Gasteiger partial charge is 0 e. The summed E-state index contributed by atoms with van der Waals surface area (Å²) in [5, 5.41) is 0. The summed E-state index contributed by atoms with van der Waals surface area (Å²) in [6.45, 7) is 0. The van der Waals surface area contributed by atoms with Crippen LogP contribution in [0.4, 0.5) is 0 Å². The van der Waals surface area contributed by atoms with Gasteiger partial charge in [0.1, 0.15) is 0 Å². The van der Waals surface area contributed by atoms with Crippen LogP contribution in [0.1, 0.15) is 0 Å². The average molecular weight is 348 g/mol. The van der Waals surface area contributed by atoms with Gasteiger partial charge in [-0.05, 0) is 0 Å². The molecule has 0 aromatic carbocycles. The summed E-state index contributed by atoms with van der Waals surface area (Å²) in [5.74, 6) is 0. The second kappa shape index (κ2) is 16.7. The van der Waals surface area contributed by atoms with E-state index in [-0.39, 0.29) is 90.2 Å². The van der Waals surface area contributed by atoms with Gasteiger partial charge in [0.25, 0.3) is 0 Å². The van der Waals surface area contributed by atoms with Crippen molar-refractivity contribution in [1.29, 1.82) is 0 Å². The summed E-state index contributed by atoms with van der Waals surface area (Å²) >= 11 is 0. The van der Waals surface area contributed by atoms with Crippen LogP contribution in [0.5, 0.6) is 0 Å². The van der Waals surface area contributed by atoms with Gasteiger partial charge in [0.05, 0.1) is 0 Å². The number of hydrogen-bond donors (Lipinski definition) is 0. The molecule has 0 spiro atoms. The van der Waals surface area contributed by atoms with Crippen molar-refractivity contribution in [3.8, 4) is 0 Å². The SMILES string of the molecule is [Ag].[Ag].[Ag].[Mg]. The molecule has 0 aromatic rings. The zero-order chi connectivity index (χ0) is 0. The first kappa shape index (κ1) is 28.1. The third-order valence-electron chi connectivity index (χ3n) is 0. The van der Waals surface area contributed by atoms with Crippen LogP contribution in [-0.2, 0) is 67.1 Å². The van der Waals surface area contributed by atoms with Gasteiger partial charge >= 0.3 is 0 Å². The van der Waals surface area contributed by atoms with Gasteiger partial charge < -0.3 is 0 Å².